The van der Waals surface area contributed by atoms with Crippen LogP contribution in [0.4, 0.5) is 13.2 Å². The normalized spacial score (nSPS) is 13.4. The molecule has 1 aromatic heterocycles. The van der Waals surface area contributed by atoms with Crippen LogP contribution >= 0.6 is 0 Å². The third-order valence-electron chi connectivity index (χ3n) is 3.24. The summed E-state index contributed by atoms with van der Waals surface area (Å²) < 4.78 is 39.9. The fourth-order valence-electron chi connectivity index (χ4n) is 2.19. The molecule has 2 aromatic rings. The van der Waals surface area contributed by atoms with Gasteiger partial charge in [0.2, 0.25) is 0 Å². The number of halogens is 3. The van der Waals surface area contributed by atoms with Gasteiger partial charge in [0.25, 0.3) is 0 Å². The fraction of sp³-hybridized carbons (Fsp3) is 0.400. The first-order valence-corrected chi connectivity index (χ1v) is 6.77. The molecule has 6 heteroatoms. The van der Waals surface area contributed by atoms with Crippen molar-refractivity contribution in [1.29, 1.82) is 0 Å². The Hall–Kier alpha value is -1.82. The van der Waals surface area contributed by atoms with Crippen LogP contribution in [-0.4, -0.2) is 14.7 Å². The fourth-order valence-corrected chi connectivity index (χ4v) is 2.19. The maximum absolute atomic E-state index is 12.7. The predicted molar refractivity (Wildman–Crippen MR) is 72.6 cm³/mol. The monoisotopic (exact) mass is 298 g/mol. The van der Waals surface area contributed by atoms with Crippen LogP contribution in [0.5, 0.6) is 0 Å². The molecule has 0 amide bonds. The molecule has 0 radical (unpaired) electrons. The quantitative estimate of drug-likeness (QED) is 0.916. The molecule has 0 aliphatic rings. The van der Waals surface area contributed by atoms with Gasteiger partial charge in [-0.2, -0.15) is 13.2 Å². The molecule has 114 valence electrons. The van der Waals surface area contributed by atoms with Gasteiger partial charge >= 0.3 is 6.18 Å². The minimum atomic E-state index is -4.41. The van der Waals surface area contributed by atoms with Crippen molar-refractivity contribution in [3.63, 3.8) is 0 Å². The number of benzene rings is 1. The highest BCUT2D eigenvalue weighted by Gasteiger charge is 2.30. The van der Waals surface area contributed by atoms with E-state index in [1.54, 1.807) is 12.4 Å². The van der Waals surface area contributed by atoms with Crippen LogP contribution in [0.3, 0.4) is 0 Å². The van der Waals surface area contributed by atoms with E-state index in [1.807, 2.05) is 11.5 Å². The van der Waals surface area contributed by atoms with Gasteiger partial charge < -0.3 is 9.67 Å². The minimum Gasteiger partial charge on any atom is -0.388 e. The summed E-state index contributed by atoms with van der Waals surface area (Å²) in [6.45, 7) is 2.79. The number of aliphatic hydroxyl groups is 1. The molecule has 0 fully saturated rings. The van der Waals surface area contributed by atoms with Gasteiger partial charge in [0.15, 0.2) is 0 Å². The summed E-state index contributed by atoms with van der Waals surface area (Å²) in [6, 6.07) is 4.78. The first-order chi connectivity index (χ1) is 9.91. The van der Waals surface area contributed by atoms with Gasteiger partial charge in [0, 0.05) is 25.4 Å². The molecule has 21 heavy (non-hydrogen) atoms. The topological polar surface area (TPSA) is 38.0 Å². The molecule has 0 aliphatic carbocycles. The molecular formula is C15H17F3N2O. The zero-order valence-electron chi connectivity index (χ0n) is 11.6. The van der Waals surface area contributed by atoms with Gasteiger partial charge in [0.05, 0.1) is 11.7 Å². The molecule has 0 aliphatic heterocycles. The average molecular weight is 298 g/mol. The Morgan fingerprint density at radius 1 is 1.33 bits per heavy atom. The zero-order valence-corrected chi connectivity index (χ0v) is 11.6. The van der Waals surface area contributed by atoms with Crippen molar-refractivity contribution >= 4 is 0 Å². The van der Waals surface area contributed by atoms with Crippen molar-refractivity contribution < 1.29 is 18.3 Å². The third kappa shape index (κ3) is 3.85. The Bertz CT molecular complexity index is 593. The van der Waals surface area contributed by atoms with Crippen LogP contribution in [0.1, 0.15) is 36.4 Å². The zero-order chi connectivity index (χ0) is 15.5. The van der Waals surface area contributed by atoms with Gasteiger partial charge in [-0.05, 0) is 24.1 Å². The smallest absolute Gasteiger partial charge is 0.388 e. The standard InChI is InChI=1S/C15H17F3N2O/c1-2-7-20-8-6-19-14(20)10-13(21)11-4-3-5-12(9-11)15(16,17)18/h3-6,8-9,13,21H,2,7,10H2,1H3. The highest BCUT2D eigenvalue weighted by Crippen LogP contribution is 2.31. The lowest BCUT2D eigenvalue weighted by Gasteiger charge is -2.14. The van der Waals surface area contributed by atoms with E-state index in [2.05, 4.69) is 4.98 Å². The number of aryl methyl sites for hydroxylation is 1. The van der Waals surface area contributed by atoms with E-state index in [1.165, 1.54) is 12.1 Å². The molecule has 0 spiro atoms. The van der Waals surface area contributed by atoms with Crippen molar-refractivity contribution in [3.8, 4) is 0 Å². The van der Waals surface area contributed by atoms with E-state index in [0.29, 0.717) is 5.82 Å². The molecule has 0 saturated heterocycles. The number of hydrogen-bond donors (Lipinski definition) is 1. The third-order valence-corrected chi connectivity index (χ3v) is 3.24. The molecule has 0 bridgehead atoms. The second-order valence-electron chi connectivity index (χ2n) is 4.88. The number of alkyl halides is 3. The van der Waals surface area contributed by atoms with Crippen LogP contribution < -0.4 is 0 Å². The molecule has 3 nitrogen and oxygen atoms in total. The van der Waals surface area contributed by atoms with E-state index < -0.39 is 17.8 Å². The Morgan fingerprint density at radius 3 is 2.76 bits per heavy atom. The van der Waals surface area contributed by atoms with Crippen LogP contribution in [0.25, 0.3) is 0 Å². The van der Waals surface area contributed by atoms with E-state index >= 15 is 0 Å². The summed E-state index contributed by atoms with van der Waals surface area (Å²) in [7, 11) is 0. The molecule has 1 unspecified atom stereocenters. The van der Waals surface area contributed by atoms with Gasteiger partial charge in [-0.1, -0.05) is 19.1 Å². The highest BCUT2D eigenvalue weighted by atomic mass is 19.4. The SMILES string of the molecule is CCCn1ccnc1CC(O)c1cccc(C(F)(F)F)c1. The minimum absolute atomic E-state index is 0.189. The van der Waals surface area contributed by atoms with Crippen LogP contribution in [-0.2, 0) is 19.1 Å². The highest BCUT2D eigenvalue weighted by molar-refractivity contribution is 5.27. The summed E-state index contributed by atoms with van der Waals surface area (Å²) in [5.74, 6) is 0.668. The van der Waals surface area contributed by atoms with Crippen molar-refractivity contribution in [1.82, 2.24) is 9.55 Å². The molecule has 1 aromatic carbocycles. The summed E-state index contributed by atoms with van der Waals surface area (Å²) in [5, 5.41) is 10.2. The van der Waals surface area contributed by atoms with Crippen LogP contribution in [0.2, 0.25) is 0 Å². The van der Waals surface area contributed by atoms with Gasteiger partial charge in [-0.15, -0.1) is 0 Å². The van der Waals surface area contributed by atoms with Crippen molar-refractivity contribution in [2.75, 3.05) is 0 Å². The van der Waals surface area contributed by atoms with E-state index in [0.717, 1.165) is 25.1 Å². The van der Waals surface area contributed by atoms with Gasteiger partial charge in [0.1, 0.15) is 5.82 Å². The maximum Gasteiger partial charge on any atom is 0.416 e. The number of nitrogens with zero attached hydrogens (tertiary/aromatic N) is 2. The van der Waals surface area contributed by atoms with E-state index in [9.17, 15) is 18.3 Å². The number of hydrogen-bond acceptors (Lipinski definition) is 2. The Kier molecular flexibility index (Phi) is 4.67. The summed E-state index contributed by atoms with van der Waals surface area (Å²) in [4.78, 5) is 4.15. The Balaban J connectivity index is 2.16. The second-order valence-corrected chi connectivity index (χ2v) is 4.88. The maximum atomic E-state index is 12.7. The molecule has 1 heterocycles. The number of aromatic nitrogens is 2. The van der Waals surface area contributed by atoms with Crippen molar-refractivity contribution in [3.05, 3.63) is 53.6 Å². The Labute approximate surface area is 121 Å². The van der Waals surface area contributed by atoms with Gasteiger partial charge in [-0.25, -0.2) is 4.98 Å². The Morgan fingerprint density at radius 2 is 2.10 bits per heavy atom. The van der Waals surface area contributed by atoms with Gasteiger partial charge in [-0.3, -0.25) is 0 Å². The van der Waals surface area contributed by atoms with Crippen LogP contribution in [0, 0.1) is 0 Å². The van der Waals surface area contributed by atoms with Crippen LogP contribution in [0.15, 0.2) is 36.7 Å². The van der Waals surface area contributed by atoms with Crippen molar-refractivity contribution in [2.24, 2.45) is 0 Å². The summed E-state index contributed by atoms with van der Waals surface area (Å²) >= 11 is 0. The molecular weight excluding hydrogens is 281 g/mol. The first kappa shape index (κ1) is 15.6. The summed E-state index contributed by atoms with van der Waals surface area (Å²) in [6.07, 6.45) is -0.875. The molecule has 1 N–H and O–H groups in total. The lowest BCUT2D eigenvalue weighted by molar-refractivity contribution is -0.137. The first-order valence-electron chi connectivity index (χ1n) is 6.77. The second kappa shape index (κ2) is 6.30. The molecule has 2 rings (SSSR count). The largest absolute Gasteiger partial charge is 0.416 e. The number of rotatable bonds is 5. The molecule has 1 atom stereocenters. The summed E-state index contributed by atoms with van der Waals surface area (Å²) in [5.41, 5.74) is -0.508. The predicted octanol–water partition coefficient (Wildman–Crippen LogP) is 3.59. The average Bonchev–Trinajstić information content (AvgIpc) is 2.86. The molecule has 0 saturated carbocycles. The number of imidazole rings is 1. The number of aliphatic hydroxyl groups excluding tert-OH is 1. The van der Waals surface area contributed by atoms with Crippen molar-refractivity contribution in [2.45, 2.75) is 38.6 Å². The van der Waals surface area contributed by atoms with E-state index in [-0.39, 0.29) is 12.0 Å². The lowest BCUT2D eigenvalue weighted by atomic mass is 10.0. The van der Waals surface area contributed by atoms with E-state index in [4.69, 9.17) is 0 Å². The lowest BCUT2D eigenvalue weighted by Crippen LogP contribution is -2.11.